The van der Waals surface area contributed by atoms with Crippen molar-refractivity contribution in [3.05, 3.63) is 58.7 Å². The summed E-state index contributed by atoms with van der Waals surface area (Å²) in [5.41, 5.74) is 3.98. The third-order valence-corrected chi connectivity index (χ3v) is 5.53. The Labute approximate surface area is 156 Å². The van der Waals surface area contributed by atoms with Crippen molar-refractivity contribution in [2.45, 2.75) is 39.5 Å². The summed E-state index contributed by atoms with van der Waals surface area (Å²) in [7, 11) is -3.39. The lowest BCUT2D eigenvalue weighted by atomic mass is 10.0. The van der Waals surface area contributed by atoms with Gasteiger partial charge in [0.15, 0.2) is 9.84 Å². The maximum Gasteiger partial charge on any atom is 0.258 e. The van der Waals surface area contributed by atoms with Gasteiger partial charge >= 0.3 is 0 Å². The summed E-state index contributed by atoms with van der Waals surface area (Å²) in [6.45, 7) is 10.4. The third-order valence-electron chi connectivity index (χ3n) is 4.44. The Morgan fingerprint density at radius 2 is 1.62 bits per heavy atom. The number of benzene rings is 2. The van der Waals surface area contributed by atoms with Crippen LogP contribution in [0.3, 0.4) is 0 Å². The lowest BCUT2D eigenvalue weighted by Gasteiger charge is -2.26. The van der Waals surface area contributed by atoms with E-state index in [9.17, 15) is 13.2 Å². The molecule has 2 rings (SSSR count). The standard InChI is InChI=1S/C21H27NO3S/c1-14(2)13-22(18-9-7-15(3)8-10-18)21(23)20-12-19(26(6,24)25)11-16(4)17(20)5/h7-12,14H,13H2,1-6H3. The average molecular weight is 374 g/mol. The highest BCUT2D eigenvalue weighted by Gasteiger charge is 2.23. The number of carbonyl (C=O) groups excluding carboxylic acids is 1. The van der Waals surface area contributed by atoms with Crippen molar-refractivity contribution in [3.63, 3.8) is 0 Å². The molecule has 2 aromatic rings. The smallest absolute Gasteiger partial charge is 0.258 e. The number of amides is 1. The molecule has 0 radical (unpaired) electrons. The van der Waals surface area contributed by atoms with Gasteiger partial charge in [-0.25, -0.2) is 8.42 Å². The van der Waals surface area contributed by atoms with Gasteiger partial charge in [0, 0.05) is 24.1 Å². The molecule has 0 aliphatic rings. The Balaban J connectivity index is 2.58. The van der Waals surface area contributed by atoms with Gasteiger partial charge in [0.1, 0.15) is 0 Å². The molecule has 1 amide bonds. The van der Waals surface area contributed by atoms with E-state index in [0.29, 0.717) is 12.1 Å². The molecule has 0 saturated heterocycles. The summed E-state index contributed by atoms with van der Waals surface area (Å²) < 4.78 is 24.0. The summed E-state index contributed by atoms with van der Waals surface area (Å²) in [6.07, 6.45) is 1.16. The lowest BCUT2D eigenvalue weighted by molar-refractivity contribution is 0.0983. The third kappa shape index (κ3) is 4.52. The fourth-order valence-corrected chi connectivity index (χ4v) is 3.53. The SMILES string of the molecule is Cc1ccc(N(CC(C)C)C(=O)c2cc(S(C)(=O)=O)cc(C)c2C)cc1. The molecule has 0 atom stereocenters. The molecule has 0 unspecified atom stereocenters. The first-order valence-electron chi connectivity index (χ1n) is 8.70. The summed E-state index contributed by atoms with van der Waals surface area (Å²) in [4.78, 5) is 15.3. The first kappa shape index (κ1) is 20.2. The van der Waals surface area contributed by atoms with Crippen LogP contribution in [-0.2, 0) is 9.84 Å². The second-order valence-electron chi connectivity index (χ2n) is 7.33. The van der Waals surface area contributed by atoms with Gasteiger partial charge < -0.3 is 4.90 Å². The largest absolute Gasteiger partial charge is 0.308 e. The molecule has 0 saturated carbocycles. The Morgan fingerprint density at radius 3 is 2.12 bits per heavy atom. The highest BCUT2D eigenvalue weighted by Crippen LogP contribution is 2.25. The second kappa shape index (κ2) is 7.62. The molecule has 0 bridgehead atoms. The summed E-state index contributed by atoms with van der Waals surface area (Å²) in [5, 5.41) is 0. The van der Waals surface area contributed by atoms with Gasteiger partial charge in [0.05, 0.1) is 4.90 Å². The first-order valence-corrected chi connectivity index (χ1v) is 10.6. The van der Waals surface area contributed by atoms with Crippen molar-refractivity contribution < 1.29 is 13.2 Å². The van der Waals surface area contributed by atoms with E-state index in [2.05, 4.69) is 13.8 Å². The van der Waals surface area contributed by atoms with Crippen LogP contribution >= 0.6 is 0 Å². The van der Waals surface area contributed by atoms with Gasteiger partial charge in [-0.2, -0.15) is 0 Å². The number of aryl methyl sites for hydroxylation is 2. The first-order chi connectivity index (χ1) is 12.0. The molecule has 0 spiro atoms. The number of hydrogen-bond acceptors (Lipinski definition) is 3. The van der Waals surface area contributed by atoms with Crippen LogP contribution in [0.2, 0.25) is 0 Å². The molecular formula is C21H27NO3S. The summed E-state index contributed by atoms with van der Waals surface area (Å²) >= 11 is 0. The number of nitrogens with zero attached hydrogens (tertiary/aromatic N) is 1. The number of carbonyl (C=O) groups is 1. The van der Waals surface area contributed by atoms with Crippen LogP contribution in [0.25, 0.3) is 0 Å². The van der Waals surface area contributed by atoms with Crippen LogP contribution in [-0.4, -0.2) is 27.1 Å². The zero-order valence-corrected chi connectivity index (χ0v) is 17.1. The van der Waals surface area contributed by atoms with E-state index in [1.165, 1.54) is 6.07 Å². The van der Waals surface area contributed by atoms with Crippen LogP contribution in [0.5, 0.6) is 0 Å². The van der Waals surface area contributed by atoms with Gasteiger partial charge in [0.25, 0.3) is 5.91 Å². The minimum absolute atomic E-state index is 0.173. The molecule has 26 heavy (non-hydrogen) atoms. The van der Waals surface area contributed by atoms with Gasteiger partial charge in [0.2, 0.25) is 0 Å². The molecule has 0 aromatic heterocycles. The Hall–Kier alpha value is -2.14. The molecule has 140 valence electrons. The van der Waals surface area contributed by atoms with Crippen LogP contribution in [0.15, 0.2) is 41.3 Å². The van der Waals surface area contributed by atoms with Crippen molar-refractivity contribution in [1.82, 2.24) is 0 Å². The predicted octanol–water partition coefficient (Wildman–Crippen LogP) is 4.32. The van der Waals surface area contributed by atoms with Gasteiger partial charge in [-0.15, -0.1) is 0 Å². The van der Waals surface area contributed by atoms with Crippen molar-refractivity contribution in [3.8, 4) is 0 Å². The number of anilines is 1. The predicted molar refractivity (Wildman–Crippen MR) is 107 cm³/mol. The minimum Gasteiger partial charge on any atom is -0.308 e. The zero-order valence-electron chi connectivity index (χ0n) is 16.3. The number of sulfone groups is 1. The van der Waals surface area contributed by atoms with E-state index in [-0.39, 0.29) is 16.7 Å². The van der Waals surface area contributed by atoms with E-state index in [1.807, 2.05) is 45.0 Å². The van der Waals surface area contributed by atoms with Crippen LogP contribution in [0, 0.1) is 26.7 Å². The van der Waals surface area contributed by atoms with Crippen molar-refractivity contribution >= 4 is 21.4 Å². The number of rotatable bonds is 5. The van der Waals surface area contributed by atoms with Gasteiger partial charge in [-0.3, -0.25) is 4.79 Å². The summed E-state index contributed by atoms with van der Waals surface area (Å²) in [6, 6.07) is 10.9. The summed E-state index contributed by atoms with van der Waals surface area (Å²) in [5.74, 6) is 0.105. The maximum atomic E-state index is 13.3. The Bertz CT molecular complexity index is 913. The fraction of sp³-hybridized carbons (Fsp3) is 0.381. The molecule has 0 N–H and O–H groups in total. The Kier molecular flexibility index (Phi) is 5.91. The quantitative estimate of drug-likeness (QED) is 0.784. The van der Waals surface area contributed by atoms with Crippen LogP contribution in [0.4, 0.5) is 5.69 Å². The van der Waals surface area contributed by atoms with Crippen molar-refractivity contribution in [2.75, 3.05) is 17.7 Å². The topological polar surface area (TPSA) is 54.5 Å². The van der Waals surface area contributed by atoms with E-state index in [4.69, 9.17) is 0 Å². The average Bonchev–Trinajstić information content (AvgIpc) is 2.54. The second-order valence-corrected chi connectivity index (χ2v) is 9.35. The highest BCUT2D eigenvalue weighted by atomic mass is 32.2. The minimum atomic E-state index is -3.39. The zero-order chi connectivity index (χ0) is 19.6. The molecule has 4 nitrogen and oxygen atoms in total. The molecule has 0 aliphatic heterocycles. The van der Waals surface area contributed by atoms with Gasteiger partial charge in [-0.1, -0.05) is 31.5 Å². The van der Waals surface area contributed by atoms with E-state index in [0.717, 1.165) is 28.6 Å². The van der Waals surface area contributed by atoms with Gasteiger partial charge in [-0.05, 0) is 62.1 Å². The molecule has 0 heterocycles. The highest BCUT2D eigenvalue weighted by molar-refractivity contribution is 7.90. The van der Waals surface area contributed by atoms with E-state index in [1.54, 1.807) is 11.0 Å². The maximum absolute atomic E-state index is 13.3. The fourth-order valence-electron chi connectivity index (χ4n) is 2.80. The Morgan fingerprint density at radius 1 is 1.04 bits per heavy atom. The van der Waals surface area contributed by atoms with E-state index < -0.39 is 9.84 Å². The molecule has 5 heteroatoms. The number of hydrogen-bond donors (Lipinski definition) is 0. The van der Waals surface area contributed by atoms with Crippen molar-refractivity contribution in [2.24, 2.45) is 5.92 Å². The molecular weight excluding hydrogens is 346 g/mol. The monoisotopic (exact) mass is 373 g/mol. The molecule has 2 aromatic carbocycles. The molecule has 0 aliphatic carbocycles. The normalized spacial score (nSPS) is 11.7. The van der Waals surface area contributed by atoms with E-state index >= 15 is 0 Å². The van der Waals surface area contributed by atoms with Crippen LogP contribution < -0.4 is 4.90 Å². The van der Waals surface area contributed by atoms with Crippen molar-refractivity contribution in [1.29, 1.82) is 0 Å². The molecule has 0 fully saturated rings. The van der Waals surface area contributed by atoms with Crippen LogP contribution in [0.1, 0.15) is 40.9 Å². The lowest BCUT2D eigenvalue weighted by Crippen LogP contribution is -2.35.